The van der Waals surface area contributed by atoms with Crippen LogP contribution in [0.1, 0.15) is 36.5 Å². The minimum Gasteiger partial charge on any atom is -0.481 e. The normalized spacial score (nSPS) is 26.9. The van der Waals surface area contributed by atoms with Gasteiger partial charge >= 0.3 is 11.9 Å². The number of carboxylic acids is 1. The van der Waals surface area contributed by atoms with E-state index in [4.69, 9.17) is 4.74 Å². The molecule has 21 heavy (non-hydrogen) atoms. The van der Waals surface area contributed by atoms with E-state index < -0.39 is 11.9 Å². The van der Waals surface area contributed by atoms with Gasteiger partial charge in [0.2, 0.25) is 0 Å². The number of esters is 1. The molecule has 1 aromatic rings. The molecule has 2 fully saturated rings. The first kappa shape index (κ1) is 13.9. The summed E-state index contributed by atoms with van der Waals surface area (Å²) in [7, 11) is 0. The zero-order chi connectivity index (χ0) is 15.0. The molecule has 0 aromatic carbocycles. The quantitative estimate of drug-likeness (QED) is 0.850. The summed E-state index contributed by atoms with van der Waals surface area (Å²) >= 11 is 0. The maximum absolute atomic E-state index is 12.1. The molecule has 3 atom stereocenters. The van der Waals surface area contributed by atoms with E-state index in [1.807, 2.05) is 4.90 Å². The fourth-order valence-electron chi connectivity index (χ4n) is 3.56. The first-order chi connectivity index (χ1) is 10.1. The highest BCUT2D eigenvalue weighted by atomic mass is 16.5. The van der Waals surface area contributed by atoms with Crippen molar-refractivity contribution < 1.29 is 19.4 Å². The highest BCUT2D eigenvalue weighted by Gasteiger charge is 2.50. The lowest BCUT2D eigenvalue weighted by Crippen LogP contribution is -2.34. The highest BCUT2D eigenvalue weighted by molar-refractivity contribution is 5.95. The standard InChI is InChI=1S/C15H18N2O4/c1-2-21-15(20)10-4-3-7-16-13(10)17-9-5-6-12(17)11(8-9)14(18)19/h3-4,7,9,11-12H,2,5-6,8H2,1H3,(H,18,19). The van der Waals surface area contributed by atoms with Crippen LogP contribution in [0.2, 0.25) is 0 Å². The second kappa shape index (κ2) is 5.35. The lowest BCUT2D eigenvalue weighted by atomic mass is 9.89. The molecule has 6 nitrogen and oxygen atoms in total. The third-order valence-corrected chi connectivity index (χ3v) is 4.38. The van der Waals surface area contributed by atoms with Gasteiger partial charge in [-0.05, 0) is 38.3 Å². The third-order valence-electron chi connectivity index (χ3n) is 4.38. The summed E-state index contributed by atoms with van der Waals surface area (Å²) in [6, 6.07) is 3.46. The molecule has 3 unspecified atom stereocenters. The Morgan fingerprint density at radius 2 is 2.29 bits per heavy atom. The van der Waals surface area contributed by atoms with Crippen LogP contribution in [0.3, 0.4) is 0 Å². The number of anilines is 1. The molecule has 0 aliphatic carbocycles. The number of nitrogens with zero attached hydrogens (tertiary/aromatic N) is 2. The zero-order valence-corrected chi connectivity index (χ0v) is 11.9. The molecule has 0 amide bonds. The average molecular weight is 290 g/mol. The first-order valence-electron chi connectivity index (χ1n) is 7.26. The van der Waals surface area contributed by atoms with Gasteiger partial charge in [0.15, 0.2) is 0 Å². The molecular weight excluding hydrogens is 272 g/mol. The van der Waals surface area contributed by atoms with E-state index in [0.717, 1.165) is 12.8 Å². The number of carboxylic acid groups (broad SMARTS) is 1. The van der Waals surface area contributed by atoms with Crippen LogP contribution in [-0.2, 0) is 9.53 Å². The number of ether oxygens (including phenoxy) is 1. The second-order valence-corrected chi connectivity index (χ2v) is 5.48. The van der Waals surface area contributed by atoms with E-state index >= 15 is 0 Å². The van der Waals surface area contributed by atoms with Gasteiger partial charge in [-0.1, -0.05) is 0 Å². The minimum atomic E-state index is -0.763. The molecule has 1 aromatic heterocycles. The van der Waals surface area contributed by atoms with Gasteiger partial charge in [-0.2, -0.15) is 0 Å². The Morgan fingerprint density at radius 1 is 1.48 bits per heavy atom. The molecule has 2 bridgehead atoms. The van der Waals surface area contributed by atoms with Crippen molar-refractivity contribution in [3.8, 4) is 0 Å². The molecule has 0 radical (unpaired) electrons. The van der Waals surface area contributed by atoms with Crippen molar-refractivity contribution in [2.75, 3.05) is 11.5 Å². The number of hydrogen-bond acceptors (Lipinski definition) is 5. The average Bonchev–Trinajstić information content (AvgIpc) is 3.05. The smallest absolute Gasteiger partial charge is 0.341 e. The van der Waals surface area contributed by atoms with Crippen LogP contribution in [0.5, 0.6) is 0 Å². The van der Waals surface area contributed by atoms with Crippen LogP contribution < -0.4 is 4.90 Å². The summed E-state index contributed by atoms with van der Waals surface area (Å²) in [5.74, 6) is -0.979. The predicted molar refractivity (Wildman–Crippen MR) is 75.2 cm³/mol. The van der Waals surface area contributed by atoms with E-state index in [1.54, 1.807) is 25.3 Å². The summed E-state index contributed by atoms with van der Waals surface area (Å²) in [4.78, 5) is 29.8. The van der Waals surface area contributed by atoms with Crippen molar-refractivity contribution in [1.82, 2.24) is 4.98 Å². The third kappa shape index (κ3) is 2.24. The molecule has 2 aliphatic rings. The SMILES string of the molecule is CCOC(=O)c1cccnc1N1C2CCC1C(C(=O)O)C2. The lowest BCUT2D eigenvalue weighted by molar-refractivity contribution is -0.142. The van der Waals surface area contributed by atoms with Gasteiger partial charge in [0.05, 0.1) is 12.5 Å². The van der Waals surface area contributed by atoms with Crippen molar-refractivity contribution in [1.29, 1.82) is 0 Å². The van der Waals surface area contributed by atoms with Crippen molar-refractivity contribution in [3.05, 3.63) is 23.9 Å². The number of aliphatic carboxylic acids is 1. The predicted octanol–water partition coefficient (Wildman–Crippen LogP) is 1.70. The van der Waals surface area contributed by atoms with Gasteiger partial charge in [-0.25, -0.2) is 9.78 Å². The number of fused-ring (bicyclic) bond motifs is 2. The lowest BCUT2D eigenvalue weighted by Gasteiger charge is -2.25. The summed E-state index contributed by atoms with van der Waals surface area (Å²) < 4.78 is 5.07. The summed E-state index contributed by atoms with van der Waals surface area (Å²) in [6.07, 6.45) is 4.04. The molecule has 112 valence electrons. The zero-order valence-electron chi connectivity index (χ0n) is 11.9. The van der Waals surface area contributed by atoms with Gasteiger partial charge in [0.1, 0.15) is 11.4 Å². The molecule has 2 aliphatic heterocycles. The molecule has 6 heteroatoms. The van der Waals surface area contributed by atoms with Crippen molar-refractivity contribution >= 4 is 17.8 Å². The van der Waals surface area contributed by atoms with Gasteiger partial charge in [0.25, 0.3) is 0 Å². The van der Waals surface area contributed by atoms with E-state index in [0.29, 0.717) is 24.4 Å². The van der Waals surface area contributed by atoms with Crippen LogP contribution >= 0.6 is 0 Å². The van der Waals surface area contributed by atoms with Crippen molar-refractivity contribution in [2.45, 2.75) is 38.3 Å². The highest BCUT2D eigenvalue weighted by Crippen LogP contribution is 2.44. The minimum absolute atomic E-state index is 0.0735. The number of rotatable bonds is 4. The monoisotopic (exact) mass is 290 g/mol. The number of carbonyl (C=O) groups excluding carboxylic acids is 1. The molecule has 2 saturated heterocycles. The molecule has 3 heterocycles. The Labute approximate surface area is 122 Å². The van der Waals surface area contributed by atoms with Crippen molar-refractivity contribution in [3.63, 3.8) is 0 Å². The van der Waals surface area contributed by atoms with Crippen LogP contribution in [0, 0.1) is 5.92 Å². The van der Waals surface area contributed by atoms with Crippen LogP contribution in [0.15, 0.2) is 18.3 Å². The first-order valence-corrected chi connectivity index (χ1v) is 7.26. The molecule has 0 saturated carbocycles. The Balaban J connectivity index is 1.95. The number of pyridine rings is 1. The van der Waals surface area contributed by atoms with E-state index in [1.165, 1.54) is 0 Å². The largest absolute Gasteiger partial charge is 0.481 e. The fraction of sp³-hybridized carbons (Fsp3) is 0.533. The van der Waals surface area contributed by atoms with E-state index in [-0.39, 0.29) is 18.0 Å². The fourth-order valence-corrected chi connectivity index (χ4v) is 3.56. The maximum atomic E-state index is 12.1. The topological polar surface area (TPSA) is 79.7 Å². The summed E-state index contributed by atoms with van der Waals surface area (Å²) in [6.45, 7) is 2.06. The van der Waals surface area contributed by atoms with Crippen LogP contribution in [0.4, 0.5) is 5.82 Å². The Kier molecular flexibility index (Phi) is 3.53. The summed E-state index contributed by atoms with van der Waals surface area (Å²) in [5.41, 5.74) is 0.419. The molecule has 1 N–H and O–H groups in total. The Bertz CT molecular complexity index is 575. The van der Waals surface area contributed by atoms with E-state index in [2.05, 4.69) is 4.98 Å². The van der Waals surface area contributed by atoms with Crippen molar-refractivity contribution in [2.24, 2.45) is 5.92 Å². The Morgan fingerprint density at radius 3 is 2.95 bits per heavy atom. The van der Waals surface area contributed by atoms with Gasteiger partial charge < -0.3 is 14.7 Å². The maximum Gasteiger partial charge on any atom is 0.341 e. The van der Waals surface area contributed by atoms with Crippen LogP contribution in [-0.4, -0.2) is 40.7 Å². The Hall–Kier alpha value is -2.11. The van der Waals surface area contributed by atoms with Gasteiger partial charge in [-0.15, -0.1) is 0 Å². The molecule has 3 rings (SSSR count). The van der Waals surface area contributed by atoms with E-state index in [9.17, 15) is 14.7 Å². The summed E-state index contributed by atoms with van der Waals surface area (Å²) in [5, 5.41) is 9.32. The second-order valence-electron chi connectivity index (χ2n) is 5.48. The number of hydrogen-bond donors (Lipinski definition) is 1. The molecular formula is C15H18N2O4. The van der Waals surface area contributed by atoms with Gasteiger partial charge in [0, 0.05) is 18.3 Å². The molecule has 0 spiro atoms. The van der Waals surface area contributed by atoms with Crippen LogP contribution in [0.25, 0.3) is 0 Å². The number of aromatic nitrogens is 1. The number of carbonyl (C=O) groups is 2. The van der Waals surface area contributed by atoms with Gasteiger partial charge in [-0.3, -0.25) is 4.79 Å².